The molecule has 2 rings (SSSR count). The van der Waals surface area contributed by atoms with Crippen molar-refractivity contribution in [3.63, 3.8) is 0 Å². The number of hydrogen-bond acceptors (Lipinski definition) is 2. The first kappa shape index (κ1) is 10.4. The molecule has 0 radical (unpaired) electrons. The summed E-state index contributed by atoms with van der Waals surface area (Å²) in [5.74, 6) is 0. The smallest absolute Gasteiger partial charge is 0.415 e. The minimum Gasteiger partial charge on any atom is -0.464 e. The molecule has 0 aliphatic heterocycles. The predicted octanol–water partition coefficient (Wildman–Crippen LogP) is 2.17. The van der Waals surface area contributed by atoms with E-state index < -0.39 is 6.09 Å². The van der Waals surface area contributed by atoms with Crippen LogP contribution in [0.4, 0.5) is 4.79 Å². The van der Waals surface area contributed by atoms with Gasteiger partial charge in [-0.2, -0.15) is 0 Å². The molecule has 4 nitrogen and oxygen atoms in total. The van der Waals surface area contributed by atoms with Crippen molar-refractivity contribution < 1.29 is 15.0 Å². The van der Waals surface area contributed by atoms with Gasteiger partial charge < -0.3 is 10.2 Å². The van der Waals surface area contributed by atoms with Crippen molar-refractivity contribution in [3.05, 3.63) is 42.1 Å². The summed E-state index contributed by atoms with van der Waals surface area (Å²) in [6.07, 6.45) is 3.95. The van der Waals surface area contributed by atoms with E-state index in [4.69, 9.17) is 10.2 Å². The van der Waals surface area contributed by atoms with Crippen LogP contribution in [0.2, 0.25) is 0 Å². The molecule has 1 heterocycles. The first-order chi connectivity index (χ1) is 7.72. The third-order valence-corrected chi connectivity index (χ3v) is 2.34. The Bertz CT molecular complexity index is 554. The van der Waals surface area contributed by atoms with Gasteiger partial charge >= 0.3 is 6.09 Å². The maximum absolute atomic E-state index is 10.8. The third kappa shape index (κ3) is 1.83. The SMILES string of the molecule is O=C(O)n1ccc2cc(C=CCO)ccc21. The Balaban J connectivity index is 2.49. The summed E-state index contributed by atoms with van der Waals surface area (Å²) >= 11 is 0. The number of benzene rings is 1. The van der Waals surface area contributed by atoms with Gasteiger partial charge in [0.05, 0.1) is 12.1 Å². The van der Waals surface area contributed by atoms with Crippen LogP contribution in [0.5, 0.6) is 0 Å². The molecular formula is C12H11NO3. The molecule has 2 N–H and O–H groups in total. The molecule has 0 saturated heterocycles. The fourth-order valence-electron chi connectivity index (χ4n) is 1.62. The normalized spacial score (nSPS) is 11.3. The van der Waals surface area contributed by atoms with Crippen molar-refractivity contribution in [1.82, 2.24) is 4.57 Å². The molecule has 0 aliphatic carbocycles. The van der Waals surface area contributed by atoms with E-state index in [0.29, 0.717) is 5.52 Å². The van der Waals surface area contributed by atoms with Crippen molar-refractivity contribution in [2.45, 2.75) is 0 Å². The van der Waals surface area contributed by atoms with Crippen LogP contribution in [0.15, 0.2) is 36.5 Å². The summed E-state index contributed by atoms with van der Waals surface area (Å²) in [5.41, 5.74) is 1.60. The van der Waals surface area contributed by atoms with Crippen LogP contribution in [0.1, 0.15) is 5.56 Å². The highest BCUT2D eigenvalue weighted by molar-refractivity contribution is 5.90. The van der Waals surface area contributed by atoms with Crippen molar-refractivity contribution in [2.24, 2.45) is 0 Å². The second-order valence-corrected chi connectivity index (χ2v) is 3.37. The number of aromatic nitrogens is 1. The highest BCUT2D eigenvalue weighted by Gasteiger charge is 2.05. The molecule has 0 aliphatic rings. The summed E-state index contributed by atoms with van der Waals surface area (Å²) in [7, 11) is 0. The summed E-state index contributed by atoms with van der Waals surface area (Å²) in [4.78, 5) is 10.8. The van der Waals surface area contributed by atoms with Gasteiger partial charge in [-0.05, 0) is 23.8 Å². The van der Waals surface area contributed by atoms with Gasteiger partial charge in [0.25, 0.3) is 0 Å². The van der Waals surface area contributed by atoms with E-state index in [1.165, 1.54) is 10.8 Å². The molecule has 0 fully saturated rings. The van der Waals surface area contributed by atoms with Gasteiger partial charge in [0, 0.05) is 11.6 Å². The second kappa shape index (κ2) is 4.20. The average molecular weight is 217 g/mol. The predicted molar refractivity (Wildman–Crippen MR) is 61.5 cm³/mol. The molecule has 0 unspecified atom stereocenters. The van der Waals surface area contributed by atoms with Gasteiger partial charge in [0.15, 0.2) is 0 Å². The lowest BCUT2D eigenvalue weighted by Crippen LogP contribution is -2.05. The van der Waals surface area contributed by atoms with Crippen molar-refractivity contribution in [1.29, 1.82) is 0 Å². The number of carboxylic acid groups (broad SMARTS) is 1. The monoisotopic (exact) mass is 217 g/mol. The first-order valence-electron chi connectivity index (χ1n) is 4.84. The zero-order valence-electron chi connectivity index (χ0n) is 8.50. The van der Waals surface area contributed by atoms with Gasteiger partial charge in [-0.25, -0.2) is 4.79 Å². The second-order valence-electron chi connectivity index (χ2n) is 3.37. The maximum Gasteiger partial charge on any atom is 0.415 e. The lowest BCUT2D eigenvalue weighted by Gasteiger charge is -1.98. The van der Waals surface area contributed by atoms with Crippen LogP contribution < -0.4 is 0 Å². The Morgan fingerprint density at radius 3 is 2.88 bits per heavy atom. The Morgan fingerprint density at radius 1 is 1.38 bits per heavy atom. The van der Waals surface area contributed by atoms with Gasteiger partial charge in [0.1, 0.15) is 0 Å². The topological polar surface area (TPSA) is 62.5 Å². The number of carbonyl (C=O) groups is 1. The summed E-state index contributed by atoms with van der Waals surface area (Å²) in [6, 6.07) is 7.19. The fourth-order valence-corrected chi connectivity index (χ4v) is 1.62. The minimum atomic E-state index is -0.992. The molecule has 82 valence electrons. The van der Waals surface area contributed by atoms with Crippen LogP contribution in [0.3, 0.4) is 0 Å². The van der Waals surface area contributed by atoms with Gasteiger partial charge in [-0.3, -0.25) is 4.57 Å². The van der Waals surface area contributed by atoms with Gasteiger partial charge in [0.2, 0.25) is 0 Å². The molecule has 0 amide bonds. The summed E-state index contributed by atoms with van der Waals surface area (Å²) < 4.78 is 1.18. The lowest BCUT2D eigenvalue weighted by molar-refractivity contribution is 0.197. The molecule has 1 aromatic heterocycles. The van der Waals surface area contributed by atoms with E-state index in [2.05, 4.69) is 0 Å². The first-order valence-corrected chi connectivity index (χ1v) is 4.84. The van der Waals surface area contributed by atoms with E-state index in [-0.39, 0.29) is 6.61 Å². The standard InChI is InChI=1S/C12H11NO3/c14-7-1-2-9-3-4-11-10(8-9)5-6-13(11)12(15)16/h1-6,8,14H,7H2,(H,15,16). The van der Waals surface area contributed by atoms with Crippen LogP contribution in [-0.2, 0) is 0 Å². The Morgan fingerprint density at radius 2 is 2.19 bits per heavy atom. The number of nitrogens with zero attached hydrogens (tertiary/aromatic N) is 1. The zero-order chi connectivity index (χ0) is 11.5. The highest BCUT2D eigenvalue weighted by Crippen LogP contribution is 2.18. The minimum absolute atomic E-state index is 0.00578. The third-order valence-electron chi connectivity index (χ3n) is 2.34. The highest BCUT2D eigenvalue weighted by atomic mass is 16.4. The molecule has 0 spiro atoms. The number of fused-ring (bicyclic) bond motifs is 1. The molecule has 0 bridgehead atoms. The molecule has 2 aromatic rings. The Kier molecular flexibility index (Phi) is 2.74. The number of aliphatic hydroxyl groups is 1. The van der Waals surface area contributed by atoms with Crippen molar-refractivity contribution in [2.75, 3.05) is 6.61 Å². The zero-order valence-corrected chi connectivity index (χ0v) is 8.50. The Labute approximate surface area is 92.1 Å². The number of hydrogen-bond donors (Lipinski definition) is 2. The largest absolute Gasteiger partial charge is 0.464 e. The Hall–Kier alpha value is -2.07. The van der Waals surface area contributed by atoms with E-state index in [1.807, 2.05) is 12.1 Å². The van der Waals surface area contributed by atoms with Crippen LogP contribution in [0, 0.1) is 0 Å². The molecule has 1 aromatic carbocycles. The van der Waals surface area contributed by atoms with Crippen LogP contribution in [0.25, 0.3) is 17.0 Å². The molecular weight excluding hydrogens is 206 g/mol. The molecule has 0 saturated carbocycles. The van der Waals surface area contributed by atoms with Crippen molar-refractivity contribution >= 4 is 23.1 Å². The summed E-state index contributed by atoms with van der Waals surface area (Å²) in [5, 5.41) is 18.4. The summed E-state index contributed by atoms with van der Waals surface area (Å²) in [6.45, 7) is -0.00578. The van der Waals surface area contributed by atoms with Crippen LogP contribution >= 0.6 is 0 Å². The van der Waals surface area contributed by atoms with E-state index in [0.717, 1.165) is 10.9 Å². The number of rotatable bonds is 2. The maximum atomic E-state index is 10.8. The average Bonchev–Trinajstić information content (AvgIpc) is 2.69. The molecule has 16 heavy (non-hydrogen) atoms. The molecule has 0 atom stereocenters. The van der Waals surface area contributed by atoms with Crippen molar-refractivity contribution in [3.8, 4) is 0 Å². The van der Waals surface area contributed by atoms with E-state index in [9.17, 15) is 4.79 Å². The number of aliphatic hydroxyl groups excluding tert-OH is 1. The quantitative estimate of drug-likeness (QED) is 0.810. The van der Waals surface area contributed by atoms with Gasteiger partial charge in [-0.15, -0.1) is 0 Å². The van der Waals surface area contributed by atoms with Crippen LogP contribution in [-0.4, -0.2) is 27.5 Å². The van der Waals surface area contributed by atoms with Gasteiger partial charge in [-0.1, -0.05) is 18.2 Å². The lowest BCUT2D eigenvalue weighted by atomic mass is 10.1. The van der Waals surface area contributed by atoms with E-state index in [1.54, 1.807) is 24.3 Å². The molecule has 4 heteroatoms. The van der Waals surface area contributed by atoms with E-state index >= 15 is 0 Å². The fraction of sp³-hybridized carbons (Fsp3) is 0.0833.